The number of benzene rings is 2. The van der Waals surface area contributed by atoms with Crippen LogP contribution in [0.4, 0.5) is 0 Å². The predicted molar refractivity (Wildman–Crippen MR) is 94.3 cm³/mol. The second kappa shape index (κ2) is 6.09. The highest BCUT2D eigenvalue weighted by Gasteiger charge is 2.21. The van der Waals surface area contributed by atoms with Crippen LogP contribution in [-0.4, -0.2) is 30.0 Å². The van der Waals surface area contributed by atoms with E-state index in [4.69, 9.17) is 4.74 Å². The summed E-state index contributed by atoms with van der Waals surface area (Å²) in [4.78, 5) is 5.83. The van der Waals surface area contributed by atoms with E-state index in [0.717, 1.165) is 11.5 Å². The van der Waals surface area contributed by atoms with Gasteiger partial charge in [-0.1, -0.05) is 18.2 Å². The molecule has 1 aromatic heterocycles. The van der Waals surface area contributed by atoms with Crippen molar-refractivity contribution in [3.05, 3.63) is 60.3 Å². The molecule has 2 heterocycles. The van der Waals surface area contributed by atoms with Crippen LogP contribution in [0.2, 0.25) is 0 Å². The van der Waals surface area contributed by atoms with E-state index in [-0.39, 0.29) is 0 Å². The normalized spacial score (nSPS) is 16.7. The summed E-state index contributed by atoms with van der Waals surface area (Å²) in [7, 11) is 2.21. The Kier molecular flexibility index (Phi) is 3.80. The zero-order chi connectivity index (χ0) is 15.6. The summed E-state index contributed by atoms with van der Waals surface area (Å²) in [5.41, 5.74) is 2.63. The van der Waals surface area contributed by atoms with Crippen LogP contribution in [0.15, 0.2) is 54.7 Å². The van der Waals surface area contributed by atoms with Crippen LogP contribution in [0.3, 0.4) is 0 Å². The Morgan fingerprint density at radius 1 is 1.00 bits per heavy atom. The molecule has 3 nitrogen and oxygen atoms in total. The molecule has 118 valence electrons. The number of aromatic amines is 1. The van der Waals surface area contributed by atoms with Gasteiger partial charge in [0.05, 0.1) is 0 Å². The van der Waals surface area contributed by atoms with E-state index in [0.29, 0.717) is 5.92 Å². The molecule has 0 aliphatic carbocycles. The summed E-state index contributed by atoms with van der Waals surface area (Å²) in [6, 6.07) is 16.3. The van der Waals surface area contributed by atoms with E-state index in [9.17, 15) is 0 Å². The number of H-pyrrole nitrogens is 1. The van der Waals surface area contributed by atoms with Crippen LogP contribution in [0.25, 0.3) is 10.9 Å². The Bertz CT molecular complexity index is 786. The van der Waals surface area contributed by atoms with Gasteiger partial charge in [0.2, 0.25) is 0 Å². The fraction of sp³-hybridized carbons (Fsp3) is 0.300. The van der Waals surface area contributed by atoms with Crippen molar-refractivity contribution in [3.63, 3.8) is 0 Å². The van der Waals surface area contributed by atoms with E-state index in [1.165, 1.54) is 42.4 Å². The third kappa shape index (κ3) is 2.97. The Labute approximate surface area is 136 Å². The fourth-order valence-corrected chi connectivity index (χ4v) is 3.47. The molecule has 4 rings (SSSR count). The van der Waals surface area contributed by atoms with Crippen LogP contribution in [0.5, 0.6) is 11.5 Å². The first kappa shape index (κ1) is 14.3. The average Bonchev–Trinajstić information content (AvgIpc) is 3.00. The molecule has 0 atom stereocenters. The largest absolute Gasteiger partial charge is 0.457 e. The second-order valence-corrected chi connectivity index (χ2v) is 6.44. The van der Waals surface area contributed by atoms with Crippen molar-refractivity contribution in [3.8, 4) is 11.5 Å². The number of rotatable bonds is 3. The van der Waals surface area contributed by atoms with Crippen LogP contribution in [0.1, 0.15) is 24.3 Å². The minimum atomic E-state index is 0.645. The molecule has 1 N–H and O–H groups in total. The SMILES string of the molecule is CN1CCC(c2c[nH]c3ccc(Oc4ccccc4)cc23)CC1. The number of likely N-dealkylation sites (tertiary alicyclic amines) is 1. The maximum atomic E-state index is 5.99. The number of nitrogens with one attached hydrogen (secondary N) is 1. The third-order valence-corrected chi connectivity index (χ3v) is 4.82. The molecule has 3 heteroatoms. The van der Waals surface area contributed by atoms with Crippen LogP contribution >= 0.6 is 0 Å². The first-order valence-electron chi connectivity index (χ1n) is 8.32. The van der Waals surface area contributed by atoms with Gasteiger partial charge in [-0.15, -0.1) is 0 Å². The zero-order valence-electron chi connectivity index (χ0n) is 13.5. The van der Waals surface area contributed by atoms with E-state index >= 15 is 0 Å². The first-order chi connectivity index (χ1) is 11.3. The topological polar surface area (TPSA) is 28.3 Å². The van der Waals surface area contributed by atoms with Crippen molar-refractivity contribution in [2.75, 3.05) is 20.1 Å². The van der Waals surface area contributed by atoms with Crippen LogP contribution < -0.4 is 4.74 Å². The lowest BCUT2D eigenvalue weighted by Gasteiger charge is -2.28. The maximum absolute atomic E-state index is 5.99. The molecule has 23 heavy (non-hydrogen) atoms. The number of aromatic nitrogens is 1. The predicted octanol–water partition coefficient (Wildman–Crippen LogP) is 4.77. The van der Waals surface area contributed by atoms with Gasteiger partial charge in [0.25, 0.3) is 0 Å². The van der Waals surface area contributed by atoms with Crippen molar-refractivity contribution < 1.29 is 4.74 Å². The van der Waals surface area contributed by atoms with E-state index in [1.54, 1.807) is 0 Å². The number of hydrogen-bond acceptors (Lipinski definition) is 2. The second-order valence-electron chi connectivity index (χ2n) is 6.44. The van der Waals surface area contributed by atoms with Crippen molar-refractivity contribution in [1.29, 1.82) is 0 Å². The van der Waals surface area contributed by atoms with Crippen LogP contribution in [0, 0.1) is 0 Å². The van der Waals surface area contributed by atoms with Gasteiger partial charge in [0.1, 0.15) is 11.5 Å². The van der Waals surface area contributed by atoms with Gasteiger partial charge in [-0.2, -0.15) is 0 Å². The van der Waals surface area contributed by atoms with Crippen molar-refractivity contribution >= 4 is 10.9 Å². The standard InChI is InChI=1S/C20H22N2O/c1-22-11-9-15(10-12-22)19-14-21-20-8-7-17(13-18(19)20)23-16-5-3-2-4-6-16/h2-8,13-15,21H,9-12H2,1H3. The van der Waals surface area contributed by atoms with Gasteiger partial charge in [-0.3, -0.25) is 0 Å². The Morgan fingerprint density at radius 3 is 2.57 bits per heavy atom. The van der Waals surface area contributed by atoms with E-state index in [1.807, 2.05) is 36.4 Å². The highest BCUT2D eigenvalue weighted by atomic mass is 16.5. The smallest absolute Gasteiger partial charge is 0.128 e. The molecule has 0 saturated carbocycles. The van der Waals surface area contributed by atoms with E-state index in [2.05, 4.69) is 35.3 Å². The summed E-state index contributed by atoms with van der Waals surface area (Å²) in [6.45, 7) is 2.36. The Morgan fingerprint density at radius 2 is 1.78 bits per heavy atom. The van der Waals surface area contributed by atoms with Gasteiger partial charge in [-0.25, -0.2) is 0 Å². The fourth-order valence-electron chi connectivity index (χ4n) is 3.47. The lowest BCUT2D eigenvalue weighted by molar-refractivity contribution is 0.256. The number of piperidine rings is 1. The lowest BCUT2D eigenvalue weighted by atomic mass is 9.89. The number of fused-ring (bicyclic) bond motifs is 1. The molecule has 0 spiro atoms. The minimum Gasteiger partial charge on any atom is -0.457 e. The number of hydrogen-bond donors (Lipinski definition) is 1. The van der Waals surface area contributed by atoms with E-state index < -0.39 is 0 Å². The summed E-state index contributed by atoms with van der Waals surface area (Å²) in [6.07, 6.45) is 4.65. The van der Waals surface area contributed by atoms with Crippen molar-refractivity contribution in [1.82, 2.24) is 9.88 Å². The van der Waals surface area contributed by atoms with Gasteiger partial charge < -0.3 is 14.6 Å². The van der Waals surface area contributed by atoms with Gasteiger partial charge in [0, 0.05) is 17.1 Å². The molecule has 1 aliphatic rings. The van der Waals surface area contributed by atoms with Gasteiger partial charge >= 0.3 is 0 Å². The van der Waals surface area contributed by atoms with Gasteiger partial charge in [0.15, 0.2) is 0 Å². The Balaban J connectivity index is 1.63. The monoisotopic (exact) mass is 306 g/mol. The number of para-hydroxylation sites is 1. The first-order valence-corrected chi connectivity index (χ1v) is 8.32. The molecule has 1 aliphatic heterocycles. The molecule has 3 aromatic rings. The lowest BCUT2D eigenvalue weighted by Crippen LogP contribution is -2.29. The summed E-state index contributed by atoms with van der Waals surface area (Å²) < 4.78 is 5.99. The molecule has 0 amide bonds. The summed E-state index contributed by atoms with van der Waals surface area (Å²) >= 11 is 0. The number of nitrogens with zero attached hydrogens (tertiary/aromatic N) is 1. The molecule has 0 unspecified atom stereocenters. The summed E-state index contributed by atoms with van der Waals surface area (Å²) in [5.74, 6) is 2.42. The third-order valence-electron chi connectivity index (χ3n) is 4.82. The highest BCUT2D eigenvalue weighted by Crippen LogP contribution is 2.35. The van der Waals surface area contributed by atoms with Crippen LogP contribution in [-0.2, 0) is 0 Å². The molecule has 1 saturated heterocycles. The minimum absolute atomic E-state index is 0.645. The molecule has 0 bridgehead atoms. The molecule has 1 fully saturated rings. The number of ether oxygens (including phenoxy) is 1. The maximum Gasteiger partial charge on any atom is 0.128 e. The Hall–Kier alpha value is -2.26. The highest BCUT2D eigenvalue weighted by molar-refractivity contribution is 5.85. The molecular weight excluding hydrogens is 284 g/mol. The quantitative estimate of drug-likeness (QED) is 0.755. The zero-order valence-corrected chi connectivity index (χ0v) is 13.5. The average molecular weight is 306 g/mol. The van der Waals surface area contributed by atoms with Crippen molar-refractivity contribution in [2.24, 2.45) is 0 Å². The molecule has 2 aromatic carbocycles. The summed E-state index contributed by atoms with van der Waals surface area (Å²) in [5, 5.41) is 1.30. The van der Waals surface area contributed by atoms with Crippen molar-refractivity contribution in [2.45, 2.75) is 18.8 Å². The molecular formula is C20H22N2O. The molecule has 0 radical (unpaired) electrons. The van der Waals surface area contributed by atoms with Gasteiger partial charge in [-0.05, 0) is 74.8 Å².